The molecule has 0 aromatic carbocycles. The second-order valence-corrected chi connectivity index (χ2v) is 2.48. The van der Waals surface area contributed by atoms with Gasteiger partial charge in [0.25, 0.3) is 0 Å². The van der Waals surface area contributed by atoms with Crippen LogP contribution in [0.2, 0.25) is 0 Å². The van der Waals surface area contributed by atoms with Crippen LogP contribution in [-0.2, 0) is 4.79 Å². The predicted octanol–water partition coefficient (Wildman–Crippen LogP) is 0.475. The molecule has 0 aromatic rings. The van der Waals surface area contributed by atoms with Crippen LogP contribution >= 0.6 is 0 Å². The van der Waals surface area contributed by atoms with Gasteiger partial charge in [-0.15, -0.1) is 0 Å². The van der Waals surface area contributed by atoms with E-state index < -0.39 is 5.91 Å². The first-order chi connectivity index (χ1) is 5.54. The van der Waals surface area contributed by atoms with Crippen LogP contribution in [0.3, 0.4) is 0 Å². The third kappa shape index (κ3) is 5.40. The molecule has 0 rings (SSSR count). The van der Waals surface area contributed by atoms with Crippen LogP contribution in [0.5, 0.6) is 0 Å². The minimum Gasteiger partial charge on any atom is -0.366 e. The van der Waals surface area contributed by atoms with E-state index in [4.69, 9.17) is 5.73 Å². The summed E-state index contributed by atoms with van der Waals surface area (Å²) in [5, 5.41) is 9.87. The molecule has 0 spiro atoms. The summed E-state index contributed by atoms with van der Waals surface area (Å²) >= 11 is 0. The van der Waals surface area contributed by atoms with Crippen LogP contribution in [-0.4, -0.2) is 17.4 Å². The van der Waals surface area contributed by atoms with Crippen LogP contribution in [0.25, 0.3) is 0 Å². The average molecular weight is 172 g/mol. The molecule has 0 aliphatic heterocycles. The lowest BCUT2D eigenvalue weighted by Crippen LogP contribution is -2.13. The Morgan fingerprint density at radius 2 is 2.08 bits per heavy atom. The maximum Gasteiger partial charge on any atom is 0.244 e. The molecule has 12 heavy (non-hydrogen) atoms. The molecule has 5 heteroatoms. The first-order valence-electron chi connectivity index (χ1n) is 3.63. The Kier molecular flexibility index (Phi) is 4.67. The van der Waals surface area contributed by atoms with Crippen molar-refractivity contribution in [1.29, 1.82) is 0 Å². The molecule has 0 aliphatic carbocycles. The van der Waals surface area contributed by atoms with Gasteiger partial charge in [0.2, 0.25) is 12.5 Å². The van der Waals surface area contributed by atoms with Crippen LogP contribution in [0.15, 0.2) is 12.2 Å². The molecule has 2 N–H and O–H groups in total. The quantitative estimate of drug-likeness (QED) is 0.273. The summed E-state index contributed by atoms with van der Waals surface area (Å²) in [4.78, 5) is 19.9. The number of amides is 1. The Balaban J connectivity index is 3.38. The molecule has 0 bridgehead atoms. The summed E-state index contributed by atoms with van der Waals surface area (Å²) in [6.45, 7) is 3.36. The van der Waals surface area contributed by atoms with E-state index in [2.05, 4.69) is 6.58 Å². The molecule has 68 valence electrons. The molecule has 0 radical (unpaired) electrons. The summed E-state index contributed by atoms with van der Waals surface area (Å²) in [6, 6.07) is 0. The van der Waals surface area contributed by atoms with E-state index in [0.29, 0.717) is 24.8 Å². The van der Waals surface area contributed by atoms with Gasteiger partial charge >= 0.3 is 0 Å². The van der Waals surface area contributed by atoms with Gasteiger partial charge in [-0.25, -0.2) is 0 Å². The number of hydrogen-bond acceptors (Lipinski definition) is 3. The molecular formula is C7H12N2O3. The smallest absolute Gasteiger partial charge is 0.244 e. The maximum atomic E-state index is 10.4. The number of nitrogens with two attached hydrogens (primary N) is 1. The lowest BCUT2D eigenvalue weighted by molar-refractivity contribution is -0.480. The fraction of sp³-hybridized carbons (Fsp3) is 0.571. The highest BCUT2D eigenvalue weighted by Gasteiger charge is 2.02. The highest BCUT2D eigenvalue weighted by atomic mass is 16.6. The number of carbonyl (C=O) groups excluding carboxylic acids is 1. The molecule has 0 unspecified atom stereocenters. The third-order valence-electron chi connectivity index (χ3n) is 1.42. The summed E-state index contributed by atoms with van der Waals surface area (Å²) in [5.41, 5.74) is 5.24. The topological polar surface area (TPSA) is 86.2 Å². The minimum absolute atomic E-state index is 0.0635. The SMILES string of the molecule is C=C(CCCC[N+](=O)[O-])C(N)=O. The summed E-state index contributed by atoms with van der Waals surface area (Å²) in [6.07, 6.45) is 1.49. The third-order valence-corrected chi connectivity index (χ3v) is 1.42. The second-order valence-electron chi connectivity index (χ2n) is 2.48. The first-order valence-corrected chi connectivity index (χ1v) is 3.63. The number of hydrogen-bond donors (Lipinski definition) is 1. The molecule has 5 nitrogen and oxygen atoms in total. The van der Waals surface area contributed by atoms with E-state index in [1.54, 1.807) is 0 Å². The Hall–Kier alpha value is -1.39. The monoisotopic (exact) mass is 172 g/mol. The van der Waals surface area contributed by atoms with Crippen LogP contribution < -0.4 is 5.73 Å². The average Bonchev–Trinajstić information content (AvgIpc) is 1.97. The van der Waals surface area contributed by atoms with Crippen molar-refractivity contribution in [2.24, 2.45) is 5.73 Å². The van der Waals surface area contributed by atoms with Gasteiger partial charge in [0.15, 0.2) is 0 Å². The Labute approximate surface area is 70.4 Å². The second kappa shape index (κ2) is 5.29. The molecular weight excluding hydrogens is 160 g/mol. The first kappa shape index (κ1) is 10.6. The Morgan fingerprint density at radius 3 is 2.50 bits per heavy atom. The van der Waals surface area contributed by atoms with E-state index in [0.717, 1.165) is 0 Å². The number of carbonyl (C=O) groups is 1. The van der Waals surface area contributed by atoms with Crippen molar-refractivity contribution in [2.45, 2.75) is 19.3 Å². The lowest BCUT2D eigenvalue weighted by atomic mass is 10.1. The molecule has 1 amide bonds. The van der Waals surface area contributed by atoms with Gasteiger partial charge < -0.3 is 5.73 Å². The number of nitrogens with zero attached hydrogens (tertiary/aromatic N) is 1. The predicted molar refractivity (Wildman–Crippen MR) is 44.0 cm³/mol. The molecule has 0 atom stereocenters. The van der Waals surface area contributed by atoms with Crippen molar-refractivity contribution in [2.75, 3.05) is 6.54 Å². The Bertz CT molecular complexity index is 201. The fourth-order valence-corrected chi connectivity index (χ4v) is 0.702. The van der Waals surface area contributed by atoms with E-state index in [9.17, 15) is 14.9 Å². The van der Waals surface area contributed by atoms with Gasteiger partial charge in [0, 0.05) is 16.9 Å². The molecule has 0 saturated carbocycles. The van der Waals surface area contributed by atoms with E-state index >= 15 is 0 Å². The van der Waals surface area contributed by atoms with Gasteiger partial charge in [-0.05, 0) is 12.8 Å². The summed E-state index contributed by atoms with van der Waals surface area (Å²) in [5.74, 6) is -0.531. The van der Waals surface area contributed by atoms with E-state index in [-0.39, 0.29) is 11.5 Å². The normalized spacial score (nSPS) is 9.33. The molecule has 0 saturated heterocycles. The van der Waals surface area contributed by atoms with Crippen LogP contribution in [0, 0.1) is 10.1 Å². The molecule has 0 aromatic heterocycles. The standard InChI is InChI=1S/C7H12N2O3/c1-6(7(8)10)4-2-3-5-9(11)12/h1-5H2,(H2,8,10). The minimum atomic E-state index is -0.531. The highest BCUT2D eigenvalue weighted by molar-refractivity contribution is 5.91. The number of primary amides is 1. The fourth-order valence-electron chi connectivity index (χ4n) is 0.702. The van der Waals surface area contributed by atoms with Crippen LogP contribution in [0.1, 0.15) is 19.3 Å². The van der Waals surface area contributed by atoms with Gasteiger partial charge in [-0.2, -0.15) is 0 Å². The zero-order valence-corrected chi connectivity index (χ0v) is 6.78. The number of nitro groups is 1. The number of unbranched alkanes of at least 4 members (excludes halogenated alkanes) is 1. The van der Waals surface area contributed by atoms with Crippen LogP contribution in [0.4, 0.5) is 0 Å². The van der Waals surface area contributed by atoms with Gasteiger partial charge in [0.05, 0.1) is 0 Å². The number of rotatable bonds is 6. The maximum absolute atomic E-state index is 10.4. The van der Waals surface area contributed by atoms with Crippen molar-refractivity contribution in [3.05, 3.63) is 22.3 Å². The van der Waals surface area contributed by atoms with Gasteiger partial charge in [0.1, 0.15) is 0 Å². The zero-order chi connectivity index (χ0) is 9.56. The molecule has 0 aliphatic rings. The van der Waals surface area contributed by atoms with E-state index in [1.807, 2.05) is 0 Å². The summed E-state index contributed by atoms with van der Waals surface area (Å²) in [7, 11) is 0. The van der Waals surface area contributed by atoms with Crippen molar-refractivity contribution in [3.63, 3.8) is 0 Å². The molecule has 0 heterocycles. The Morgan fingerprint density at radius 1 is 1.50 bits per heavy atom. The van der Waals surface area contributed by atoms with Gasteiger partial charge in [-0.1, -0.05) is 6.58 Å². The van der Waals surface area contributed by atoms with Gasteiger partial charge in [-0.3, -0.25) is 14.9 Å². The lowest BCUT2D eigenvalue weighted by Gasteiger charge is -1.97. The van der Waals surface area contributed by atoms with Crippen molar-refractivity contribution in [1.82, 2.24) is 0 Å². The zero-order valence-electron chi connectivity index (χ0n) is 6.78. The van der Waals surface area contributed by atoms with E-state index in [1.165, 1.54) is 0 Å². The largest absolute Gasteiger partial charge is 0.366 e. The summed E-state index contributed by atoms with van der Waals surface area (Å²) < 4.78 is 0. The van der Waals surface area contributed by atoms with Crippen molar-refractivity contribution < 1.29 is 9.72 Å². The van der Waals surface area contributed by atoms with Crippen molar-refractivity contribution >= 4 is 5.91 Å². The highest BCUT2D eigenvalue weighted by Crippen LogP contribution is 2.03. The molecule has 0 fully saturated rings. The van der Waals surface area contributed by atoms with Crippen molar-refractivity contribution in [3.8, 4) is 0 Å².